The number of hydrogen-bond acceptors (Lipinski definition) is 4. The molecule has 1 aromatic heterocycles. The number of amides is 1. The quantitative estimate of drug-likeness (QED) is 0.531. The average Bonchev–Trinajstić information content (AvgIpc) is 2.87. The number of rotatable bonds is 8. The van der Waals surface area contributed by atoms with Gasteiger partial charge in [-0.25, -0.2) is 4.79 Å². The third kappa shape index (κ3) is 5.47. The number of benzene rings is 2. The van der Waals surface area contributed by atoms with Crippen molar-refractivity contribution in [3.63, 3.8) is 0 Å². The van der Waals surface area contributed by atoms with Crippen LogP contribution in [0.2, 0.25) is 0 Å². The Morgan fingerprint density at radius 1 is 1.00 bits per heavy atom. The summed E-state index contributed by atoms with van der Waals surface area (Å²) in [6, 6.07) is 19.8. The molecule has 0 saturated heterocycles. The molecule has 1 saturated carbocycles. The van der Waals surface area contributed by atoms with Gasteiger partial charge in [0.05, 0.1) is 0 Å². The molecule has 1 fully saturated rings. The van der Waals surface area contributed by atoms with Crippen LogP contribution >= 0.6 is 0 Å². The van der Waals surface area contributed by atoms with Crippen molar-refractivity contribution in [2.75, 3.05) is 0 Å². The van der Waals surface area contributed by atoms with E-state index in [2.05, 4.69) is 34.6 Å². The van der Waals surface area contributed by atoms with Gasteiger partial charge in [-0.3, -0.25) is 19.1 Å². The Bertz CT molecular complexity index is 1210. The van der Waals surface area contributed by atoms with Crippen molar-refractivity contribution in [2.45, 2.75) is 64.1 Å². The SMILES string of the molecule is CCCn1c(=O)[nH]c(C(=O)NC2CCC(c3ccccc3)CC2)c(OCc2ccccc2)c1=O. The summed E-state index contributed by atoms with van der Waals surface area (Å²) < 4.78 is 6.90. The predicted octanol–water partition coefficient (Wildman–Crippen LogP) is 3.98. The van der Waals surface area contributed by atoms with Crippen LogP contribution in [0.1, 0.15) is 66.6 Å². The Hall–Kier alpha value is -3.61. The fourth-order valence-corrected chi connectivity index (χ4v) is 4.56. The van der Waals surface area contributed by atoms with Gasteiger partial charge in [0.2, 0.25) is 5.75 Å². The van der Waals surface area contributed by atoms with Crippen molar-refractivity contribution >= 4 is 5.91 Å². The summed E-state index contributed by atoms with van der Waals surface area (Å²) in [4.78, 5) is 41.4. The Labute approximate surface area is 198 Å². The highest BCUT2D eigenvalue weighted by Crippen LogP contribution is 2.32. The van der Waals surface area contributed by atoms with Crippen LogP contribution in [0.4, 0.5) is 0 Å². The van der Waals surface area contributed by atoms with Crippen LogP contribution in [0.5, 0.6) is 5.75 Å². The minimum absolute atomic E-state index is 0.0176. The second-order valence-corrected chi connectivity index (χ2v) is 8.80. The normalized spacial score (nSPS) is 17.8. The first-order valence-electron chi connectivity index (χ1n) is 12.0. The number of carbonyl (C=O) groups excluding carboxylic acids is 1. The number of nitrogens with zero attached hydrogens (tertiary/aromatic N) is 1. The van der Waals surface area contributed by atoms with Crippen molar-refractivity contribution in [2.24, 2.45) is 0 Å². The number of aromatic amines is 1. The summed E-state index contributed by atoms with van der Waals surface area (Å²) in [5.41, 5.74) is 0.897. The molecule has 1 amide bonds. The molecule has 0 unspecified atom stereocenters. The average molecular weight is 462 g/mol. The molecule has 0 spiro atoms. The lowest BCUT2D eigenvalue weighted by Gasteiger charge is -2.29. The second-order valence-electron chi connectivity index (χ2n) is 8.80. The van der Waals surface area contributed by atoms with Crippen LogP contribution in [-0.4, -0.2) is 21.5 Å². The molecular formula is C27H31N3O4. The zero-order valence-electron chi connectivity index (χ0n) is 19.5. The molecule has 7 nitrogen and oxygen atoms in total. The van der Waals surface area contributed by atoms with Crippen molar-refractivity contribution in [1.82, 2.24) is 14.9 Å². The van der Waals surface area contributed by atoms with E-state index in [4.69, 9.17) is 4.74 Å². The Morgan fingerprint density at radius 3 is 2.29 bits per heavy atom. The van der Waals surface area contributed by atoms with Crippen molar-refractivity contribution < 1.29 is 9.53 Å². The minimum Gasteiger partial charge on any atom is -0.481 e. The van der Waals surface area contributed by atoms with Crippen molar-refractivity contribution in [3.8, 4) is 5.75 Å². The number of ether oxygens (including phenoxy) is 1. The lowest BCUT2D eigenvalue weighted by molar-refractivity contribution is 0.0914. The van der Waals surface area contributed by atoms with Gasteiger partial charge in [0.1, 0.15) is 6.61 Å². The van der Waals surface area contributed by atoms with Crippen LogP contribution in [0, 0.1) is 0 Å². The van der Waals surface area contributed by atoms with Gasteiger partial charge in [0.25, 0.3) is 11.5 Å². The highest BCUT2D eigenvalue weighted by atomic mass is 16.5. The summed E-state index contributed by atoms with van der Waals surface area (Å²) in [6.07, 6.45) is 4.23. The minimum atomic E-state index is -0.600. The van der Waals surface area contributed by atoms with Crippen molar-refractivity contribution in [1.29, 1.82) is 0 Å². The third-order valence-corrected chi connectivity index (χ3v) is 6.38. The summed E-state index contributed by atoms with van der Waals surface area (Å²) in [6.45, 7) is 2.25. The standard InChI is InChI=1S/C27H31N3O4/c1-2-17-30-26(32)24(34-18-19-9-5-3-6-10-19)23(29-27(30)33)25(31)28-22-15-13-21(14-16-22)20-11-7-4-8-12-20/h3-12,21-22H,2,13-18H2,1H3,(H,28,31)(H,29,33). The predicted molar refractivity (Wildman–Crippen MR) is 131 cm³/mol. The van der Waals surface area contributed by atoms with E-state index in [1.165, 1.54) is 5.56 Å². The molecule has 1 heterocycles. The molecule has 0 bridgehead atoms. The van der Waals surface area contributed by atoms with E-state index in [-0.39, 0.29) is 30.6 Å². The highest BCUT2D eigenvalue weighted by molar-refractivity contribution is 5.94. The zero-order chi connectivity index (χ0) is 23.9. The molecule has 1 aliphatic carbocycles. The van der Waals surface area contributed by atoms with Gasteiger partial charge >= 0.3 is 5.69 Å². The van der Waals surface area contributed by atoms with Gasteiger partial charge in [0, 0.05) is 12.6 Å². The smallest absolute Gasteiger partial charge is 0.329 e. The number of carbonyl (C=O) groups is 1. The summed E-state index contributed by atoms with van der Waals surface area (Å²) in [5, 5.41) is 3.01. The molecule has 7 heteroatoms. The summed E-state index contributed by atoms with van der Waals surface area (Å²) in [5.74, 6) is -0.117. The van der Waals surface area contributed by atoms with Gasteiger partial charge < -0.3 is 10.1 Å². The van der Waals surface area contributed by atoms with Gasteiger partial charge in [-0.2, -0.15) is 0 Å². The monoisotopic (exact) mass is 461 g/mol. The molecule has 0 aliphatic heterocycles. The maximum Gasteiger partial charge on any atom is 0.329 e. The first-order chi connectivity index (χ1) is 16.6. The van der Waals surface area contributed by atoms with Crippen LogP contribution in [-0.2, 0) is 13.2 Å². The molecular weight excluding hydrogens is 430 g/mol. The largest absolute Gasteiger partial charge is 0.481 e. The summed E-state index contributed by atoms with van der Waals surface area (Å²) >= 11 is 0. The molecule has 34 heavy (non-hydrogen) atoms. The molecule has 3 aromatic rings. The maximum absolute atomic E-state index is 13.2. The lowest BCUT2D eigenvalue weighted by Crippen LogP contribution is -2.42. The van der Waals surface area contributed by atoms with Gasteiger partial charge in [-0.05, 0) is 49.1 Å². The van der Waals surface area contributed by atoms with E-state index in [1.54, 1.807) is 0 Å². The first-order valence-corrected chi connectivity index (χ1v) is 12.0. The summed E-state index contributed by atoms with van der Waals surface area (Å²) in [7, 11) is 0. The van der Waals surface area contributed by atoms with E-state index >= 15 is 0 Å². The van der Waals surface area contributed by atoms with E-state index in [9.17, 15) is 14.4 Å². The van der Waals surface area contributed by atoms with E-state index in [0.29, 0.717) is 12.3 Å². The van der Waals surface area contributed by atoms with Crippen LogP contribution in [0.3, 0.4) is 0 Å². The molecule has 0 radical (unpaired) electrons. The van der Waals surface area contributed by atoms with Crippen molar-refractivity contribution in [3.05, 3.63) is 98.3 Å². The number of aromatic nitrogens is 2. The Kier molecular flexibility index (Phi) is 7.62. The maximum atomic E-state index is 13.2. The van der Waals surface area contributed by atoms with Crippen LogP contribution in [0.25, 0.3) is 0 Å². The molecule has 178 valence electrons. The number of hydrogen-bond donors (Lipinski definition) is 2. The molecule has 2 N–H and O–H groups in total. The lowest BCUT2D eigenvalue weighted by atomic mass is 9.82. The molecule has 4 rings (SSSR count). The molecule has 1 aliphatic rings. The zero-order valence-corrected chi connectivity index (χ0v) is 19.5. The molecule has 0 atom stereocenters. The van der Waals surface area contributed by atoms with E-state index in [1.807, 2.05) is 43.3 Å². The Morgan fingerprint density at radius 2 is 1.65 bits per heavy atom. The highest BCUT2D eigenvalue weighted by Gasteiger charge is 2.27. The Balaban J connectivity index is 1.51. The molecule has 2 aromatic carbocycles. The third-order valence-electron chi connectivity index (χ3n) is 6.38. The fourth-order valence-electron chi connectivity index (χ4n) is 4.56. The fraction of sp³-hybridized carbons (Fsp3) is 0.370. The van der Waals surface area contributed by atoms with Gasteiger partial charge in [-0.15, -0.1) is 0 Å². The number of nitrogens with one attached hydrogen (secondary N) is 2. The van der Waals surface area contributed by atoms with E-state index < -0.39 is 17.2 Å². The van der Waals surface area contributed by atoms with Crippen LogP contribution in [0.15, 0.2) is 70.3 Å². The van der Waals surface area contributed by atoms with Gasteiger partial charge in [-0.1, -0.05) is 67.6 Å². The second kappa shape index (κ2) is 11.0. The van der Waals surface area contributed by atoms with E-state index in [0.717, 1.165) is 35.8 Å². The number of H-pyrrole nitrogens is 1. The van der Waals surface area contributed by atoms with Gasteiger partial charge in [0.15, 0.2) is 5.69 Å². The topological polar surface area (TPSA) is 93.2 Å². The first kappa shape index (κ1) is 23.5. The van der Waals surface area contributed by atoms with Crippen LogP contribution < -0.4 is 21.3 Å².